The Kier molecular flexibility index (Phi) is 13.9. The van der Waals surface area contributed by atoms with E-state index in [4.69, 9.17) is 16.3 Å². The van der Waals surface area contributed by atoms with Crippen LogP contribution < -0.4 is 0 Å². The van der Waals surface area contributed by atoms with Crippen molar-refractivity contribution >= 4 is 30.4 Å². The fraction of sp³-hybridized carbons (Fsp3) is 0.889. The van der Waals surface area contributed by atoms with Gasteiger partial charge in [0.05, 0.1) is 13.2 Å². The second kappa shape index (κ2) is 12.0. The molecule has 1 amide bonds. The van der Waals surface area contributed by atoms with E-state index in [0.29, 0.717) is 0 Å². The third kappa shape index (κ3) is 11.9. The minimum absolute atomic E-state index is 0. The van der Waals surface area contributed by atoms with E-state index in [9.17, 15) is 4.79 Å². The minimum atomic E-state index is 0. The van der Waals surface area contributed by atoms with Gasteiger partial charge in [0.2, 0.25) is 6.41 Å². The summed E-state index contributed by atoms with van der Waals surface area (Å²) in [7, 11) is 3.38. The highest BCUT2D eigenvalue weighted by Gasteiger charge is 2.07. The zero-order valence-electron chi connectivity index (χ0n) is 9.32. The van der Waals surface area contributed by atoms with Crippen LogP contribution >= 0.6 is 24.0 Å². The van der Waals surface area contributed by atoms with Gasteiger partial charge in [0.25, 0.3) is 0 Å². The molecule has 0 unspecified atom stereocenters. The minimum Gasteiger partial charge on any atom is -0.379 e. The first-order valence-corrected chi connectivity index (χ1v) is 5.22. The van der Waals surface area contributed by atoms with Crippen LogP contribution in [0.25, 0.3) is 0 Å². The molecule has 0 aromatic rings. The SMILES string of the molecule is CN(C)C=O.Cl.ClCCN1CCOCC1. The molecule has 0 radical (unpaired) electrons. The highest BCUT2D eigenvalue weighted by molar-refractivity contribution is 6.18. The van der Waals surface area contributed by atoms with Gasteiger partial charge in [-0.15, -0.1) is 24.0 Å². The van der Waals surface area contributed by atoms with Crippen molar-refractivity contribution in [3.8, 4) is 0 Å². The first kappa shape index (κ1) is 17.4. The summed E-state index contributed by atoms with van der Waals surface area (Å²) in [6.45, 7) is 4.85. The van der Waals surface area contributed by atoms with E-state index >= 15 is 0 Å². The lowest BCUT2D eigenvalue weighted by atomic mass is 10.4. The topological polar surface area (TPSA) is 32.8 Å². The van der Waals surface area contributed by atoms with Crippen molar-refractivity contribution in [3.63, 3.8) is 0 Å². The number of morpholine rings is 1. The van der Waals surface area contributed by atoms with Crippen LogP contribution in [0.4, 0.5) is 0 Å². The van der Waals surface area contributed by atoms with Crippen LogP contribution in [-0.2, 0) is 9.53 Å². The summed E-state index contributed by atoms with van der Waals surface area (Å²) in [4.78, 5) is 13.2. The molecule has 0 aromatic carbocycles. The lowest BCUT2D eigenvalue weighted by Crippen LogP contribution is -2.37. The van der Waals surface area contributed by atoms with E-state index in [2.05, 4.69) is 4.90 Å². The van der Waals surface area contributed by atoms with Crippen molar-refractivity contribution < 1.29 is 9.53 Å². The molecule has 1 fully saturated rings. The molecule has 1 rings (SSSR count). The maximum Gasteiger partial charge on any atom is 0.209 e. The van der Waals surface area contributed by atoms with Gasteiger partial charge in [-0.25, -0.2) is 0 Å². The van der Waals surface area contributed by atoms with E-state index in [0.717, 1.165) is 45.1 Å². The van der Waals surface area contributed by atoms with Crippen molar-refractivity contribution in [2.45, 2.75) is 0 Å². The van der Waals surface area contributed by atoms with Crippen molar-refractivity contribution in [2.24, 2.45) is 0 Å². The highest BCUT2D eigenvalue weighted by Crippen LogP contribution is 1.95. The number of amides is 1. The molecule has 1 saturated heterocycles. The van der Waals surface area contributed by atoms with Gasteiger partial charge in [-0.05, 0) is 0 Å². The highest BCUT2D eigenvalue weighted by atomic mass is 35.5. The predicted molar refractivity (Wildman–Crippen MR) is 65.0 cm³/mol. The van der Waals surface area contributed by atoms with Gasteiger partial charge in [-0.1, -0.05) is 0 Å². The Labute approximate surface area is 103 Å². The summed E-state index contributed by atoms with van der Waals surface area (Å²) in [5, 5.41) is 0. The second-order valence-corrected chi connectivity index (χ2v) is 3.59. The zero-order chi connectivity index (χ0) is 10.8. The Bertz CT molecular complexity index is 139. The number of carbonyl (C=O) groups excluding carboxylic acids is 1. The van der Waals surface area contributed by atoms with Crippen LogP contribution in [0, 0.1) is 0 Å². The predicted octanol–water partition coefficient (Wildman–Crippen LogP) is 0.684. The number of nitrogens with zero attached hydrogens (tertiary/aromatic N) is 2. The summed E-state index contributed by atoms with van der Waals surface area (Å²) < 4.78 is 5.16. The first-order valence-electron chi connectivity index (χ1n) is 4.68. The number of ether oxygens (including phenoxy) is 1. The Morgan fingerprint density at radius 3 is 2.20 bits per heavy atom. The third-order valence-electron chi connectivity index (χ3n) is 1.72. The number of hydrogen-bond acceptors (Lipinski definition) is 3. The molecule has 6 heteroatoms. The van der Waals surface area contributed by atoms with E-state index in [1.54, 1.807) is 14.1 Å². The summed E-state index contributed by atoms with van der Waals surface area (Å²) in [6, 6.07) is 0. The second-order valence-electron chi connectivity index (χ2n) is 3.21. The third-order valence-corrected chi connectivity index (χ3v) is 1.88. The van der Waals surface area contributed by atoms with Gasteiger partial charge in [-0.3, -0.25) is 9.69 Å². The molecule has 0 bridgehead atoms. The monoisotopic (exact) mass is 258 g/mol. The standard InChI is InChI=1S/C6H12ClNO.C3H7NO.ClH/c7-1-2-8-3-5-9-6-4-8;1-4(2)3-5;/h1-6H2;3H,1-2H3;1H. The van der Waals surface area contributed by atoms with Gasteiger partial charge in [-0.2, -0.15) is 0 Å². The van der Waals surface area contributed by atoms with Gasteiger partial charge < -0.3 is 9.64 Å². The summed E-state index contributed by atoms with van der Waals surface area (Å²) in [6.07, 6.45) is 0.750. The van der Waals surface area contributed by atoms with Crippen LogP contribution in [0.1, 0.15) is 0 Å². The molecule has 15 heavy (non-hydrogen) atoms. The number of halogens is 2. The first-order chi connectivity index (χ1) is 6.70. The van der Waals surface area contributed by atoms with Gasteiger partial charge >= 0.3 is 0 Å². The maximum absolute atomic E-state index is 9.43. The summed E-state index contributed by atoms with van der Waals surface area (Å²) >= 11 is 5.55. The molecule has 4 nitrogen and oxygen atoms in total. The van der Waals surface area contributed by atoms with E-state index in [1.807, 2.05) is 0 Å². The molecule has 1 aliphatic rings. The molecule has 0 N–H and O–H groups in total. The fourth-order valence-corrected chi connectivity index (χ4v) is 1.18. The zero-order valence-corrected chi connectivity index (χ0v) is 10.9. The fourth-order valence-electron chi connectivity index (χ4n) is 0.944. The molecule has 0 spiro atoms. The smallest absolute Gasteiger partial charge is 0.209 e. The van der Waals surface area contributed by atoms with Crippen molar-refractivity contribution in [3.05, 3.63) is 0 Å². The molecule has 92 valence electrons. The van der Waals surface area contributed by atoms with Gasteiger partial charge in [0.1, 0.15) is 0 Å². The van der Waals surface area contributed by atoms with Crippen LogP contribution in [0.3, 0.4) is 0 Å². The quantitative estimate of drug-likeness (QED) is 0.552. The Morgan fingerprint density at radius 1 is 1.40 bits per heavy atom. The van der Waals surface area contributed by atoms with E-state index < -0.39 is 0 Å². The molecule has 0 aromatic heterocycles. The molecule has 0 atom stereocenters. The van der Waals surface area contributed by atoms with Crippen LogP contribution in [0.5, 0.6) is 0 Å². The molecule has 1 heterocycles. The Balaban J connectivity index is 0. The number of hydrogen-bond donors (Lipinski definition) is 0. The maximum atomic E-state index is 9.43. The normalized spacial score (nSPS) is 15.7. The molecule has 0 aliphatic carbocycles. The Morgan fingerprint density at radius 2 is 1.87 bits per heavy atom. The van der Waals surface area contributed by atoms with E-state index in [1.165, 1.54) is 4.90 Å². The average Bonchev–Trinajstić information content (AvgIpc) is 2.21. The number of rotatable bonds is 3. The van der Waals surface area contributed by atoms with Gasteiger partial charge in [0, 0.05) is 39.6 Å². The van der Waals surface area contributed by atoms with E-state index in [-0.39, 0.29) is 12.4 Å². The van der Waals surface area contributed by atoms with Crippen LogP contribution in [0.15, 0.2) is 0 Å². The lowest BCUT2D eigenvalue weighted by Gasteiger charge is -2.25. The van der Waals surface area contributed by atoms with Crippen molar-refractivity contribution in [1.82, 2.24) is 9.80 Å². The Hall–Kier alpha value is -0.0300. The van der Waals surface area contributed by atoms with Gasteiger partial charge in [0.15, 0.2) is 0 Å². The molecule has 0 saturated carbocycles. The van der Waals surface area contributed by atoms with Crippen LogP contribution in [0.2, 0.25) is 0 Å². The van der Waals surface area contributed by atoms with Crippen LogP contribution in [-0.4, -0.2) is 69.0 Å². The van der Waals surface area contributed by atoms with Crippen molar-refractivity contribution in [1.29, 1.82) is 0 Å². The summed E-state index contributed by atoms with van der Waals surface area (Å²) in [5.74, 6) is 0.736. The lowest BCUT2D eigenvalue weighted by molar-refractivity contribution is -0.115. The molecular formula is C9H20Cl2N2O2. The molecular weight excluding hydrogens is 239 g/mol. The summed E-state index contributed by atoms with van der Waals surface area (Å²) in [5.41, 5.74) is 0. The van der Waals surface area contributed by atoms with Crippen molar-refractivity contribution in [2.75, 3.05) is 52.8 Å². The molecule has 1 aliphatic heterocycles. The largest absolute Gasteiger partial charge is 0.379 e. The number of carbonyl (C=O) groups is 1. The number of alkyl halides is 1. The average molecular weight is 259 g/mol.